The van der Waals surface area contributed by atoms with Crippen LogP contribution in [0, 0.1) is 18.7 Å². The molecular formula is C17H15F4N5. The molecule has 1 aliphatic carbocycles. The van der Waals surface area contributed by atoms with Gasteiger partial charge in [0.1, 0.15) is 18.0 Å². The van der Waals surface area contributed by atoms with Gasteiger partial charge in [-0.15, -0.1) is 0 Å². The molecule has 0 bridgehead atoms. The second-order valence-corrected chi connectivity index (χ2v) is 6.45. The van der Waals surface area contributed by atoms with E-state index in [-0.39, 0.29) is 12.0 Å². The average Bonchev–Trinajstić information content (AvgIpc) is 3.28. The van der Waals surface area contributed by atoms with E-state index in [1.54, 1.807) is 6.07 Å². The van der Waals surface area contributed by atoms with E-state index in [2.05, 4.69) is 20.4 Å². The smallest absolute Gasteiger partial charge is 0.363 e. The van der Waals surface area contributed by atoms with Crippen LogP contribution >= 0.6 is 0 Å². The van der Waals surface area contributed by atoms with Crippen molar-refractivity contribution in [3.05, 3.63) is 53.2 Å². The number of aromatic nitrogens is 4. The number of hydrogen-bond donors (Lipinski definition) is 1. The summed E-state index contributed by atoms with van der Waals surface area (Å²) in [6.45, 7) is 1.81. The Hall–Kier alpha value is -2.71. The molecule has 1 fully saturated rings. The first kappa shape index (κ1) is 16.7. The van der Waals surface area contributed by atoms with Crippen molar-refractivity contribution in [3.8, 4) is 0 Å². The molecule has 0 unspecified atom stereocenters. The highest BCUT2D eigenvalue weighted by molar-refractivity contribution is 5.47. The number of hydrogen-bond acceptors (Lipinski definition) is 4. The van der Waals surface area contributed by atoms with Gasteiger partial charge < -0.3 is 5.32 Å². The van der Waals surface area contributed by atoms with Gasteiger partial charge in [-0.05, 0) is 43.4 Å². The third-order valence-corrected chi connectivity index (χ3v) is 4.43. The van der Waals surface area contributed by atoms with Gasteiger partial charge in [-0.1, -0.05) is 6.07 Å². The van der Waals surface area contributed by atoms with Crippen molar-refractivity contribution < 1.29 is 17.6 Å². The van der Waals surface area contributed by atoms with E-state index >= 15 is 0 Å². The largest absolute Gasteiger partial charge is 0.419 e. The second kappa shape index (κ2) is 5.93. The highest BCUT2D eigenvalue weighted by Gasteiger charge is 2.37. The van der Waals surface area contributed by atoms with Crippen LogP contribution in [0.3, 0.4) is 0 Å². The fourth-order valence-electron chi connectivity index (χ4n) is 3.05. The Kier molecular flexibility index (Phi) is 3.82. The van der Waals surface area contributed by atoms with Crippen LogP contribution in [-0.2, 0) is 6.18 Å². The second-order valence-electron chi connectivity index (χ2n) is 6.45. The first-order valence-electron chi connectivity index (χ1n) is 8.13. The monoisotopic (exact) mass is 365 g/mol. The van der Waals surface area contributed by atoms with E-state index < -0.39 is 17.6 Å². The summed E-state index contributed by atoms with van der Waals surface area (Å²) < 4.78 is 53.9. The van der Waals surface area contributed by atoms with Crippen molar-refractivity contribution in [1.29, 1.82) is 0 Å². The molecule has 1 aromatic carbocycles. The number of nitrogens with one attached hydrogen (secondary N) is 1. The normalized spacial score (nSPS) is 16.0. The summed E-state index contributed by atoms with van der Waals surface area (Å²) in [6, 6.07) is 4.54. The number of fused-ring (bicyclic) bond motifs is 1. The van der Waals surface area contributed by atoms with Gasteiger partial charge in [0.25, 0.3) is 5.78 Å². The van der Waals surface area contributed by atoms with Gasteiger partial charge >= 0.3 is 6.18 Å². The highest BCUT2D eigenvalue weighted by Crippen LogP contribution is 2.44. The molecule has 2 aromatic heterocycles. The standard InChI is InChI=1S/C17H15F4N5/c1-9-6-14(26-16(24-9)22-8-23-26)25-15(10-2-3-10)11-4-5-12(13(18)7-11)17(19,20)21/h4-8,10,15,25H,2-3H2,1H3/t15-/m1/s1. The van der Waals surface area contributed by atoms with Crippen LogP contribution in [0.4, 0.5) is 23.4 Å². The molecule has 3 aromatic rings. The van der Waals surface area contributed by atoms with Crippen molar-refractivity contribution in [2.45, 2.75) is 32.0 Å². The lowest BCUT2D eigenvalue weighted by Crippen LogP contribution is -2.17. The molecule has 5 nitrogen and oxygen atoms in total. The molecule has 0 radical (unpaired) electrons. The van der Waals surface area contributed by atoms with Crippen LogP contribution < -0.4 is 5.32 Å². The van der Waals surface area contributed by atoms with E-state index in [9.17, 15) is 17.6 Å². The number of nitrogens with zero attached hydrogens (tertiary/aromatic N) is 4. The Bertz CT molecular complexity index is 961. The molecule has 0 amide bonds. The van der Waals surface area contributed by atoms with Gasteiger partial charge in [0.05, 0.1) is 11.6 Å². The zero-order valence-corrected chi connectivity index (χ0v) is 13.8. The summed E-state index contributed by atoms with van der Waals surface area (Å²) in [7, 11) is 0. The van der Waals surface area contributed by atoms with Crippen LogP contribution in [0.1, 0.15) is 35.7 Å². The van der Waals surface area contributed by atoms with E-state index in [0.717, 1.165) is 30.7 Å². The predicted molar refractivity (Wildman–Crippen MR) is 86.0 cm³/mol. The average molecular weight is 365 g/mol. The Labute approximate surface area is 146 Å². The minimum Gasteiger partial charge on any atom is -0.363 e. The van der Waals surface area contributed by atoms with Gasteiger partial charge in [-0.25, -0.2) is 9.37 Å². The SMILES string of the molecule is Cc1cc(N[C@@H](c2ccc(C(F)(F)F)c(F)c2)C2CC2)n2ncnc2n1. The summed E-state index contributed by atoms with van der Waals surface area (Å²) in [4.78, 5) is 8.30. The molecule has 1 atom stereocenters. The zero-order chi connectivity index (χ0) is 18.5. The molecule has 2 heterocycles. The molecule has 26 heavy (non-hydrogen) atoms. The minimum atomic E-state index is -4.71. The van der Waals surface area contributed by atoms with Gasteiger partial charge in [0, 0.05) is 11.8 Å². The molecule has 0 aliphatic heterocycles. The number of anilines is 1. The van der Waals surface area contributed by atoms with Crippen molar-refractivity contribution in [2.24, 2.45) is 5.92 Å². The Balaban J connectivity index is 1.71. The summed E-state index contributed by atoms with van der Waals surface area (Å²) in [5, 5.41) is 7.39. The van der Waals surface area contributed by atoms with Crippen LogP contribution in [0.15, 0.2) is 30.6 Å². The minimum absolute atomic E-state index is 0.221. The lowest BCUT2D eigenvalue weighted by Gasteiger charge is -2.21. The van der Waals surface area contributed by atoms with Crippen LogP contribution in [-0.4, -0.2) is 19.6 Å². The van der Waals surface area contributed by atoms with Gasteiger partial charge in [0.15, 0.2) is 0 Å². The number of benzene rings is 1. The van der Waals surface area contributed by atoms with Crippen molar-refractivity contribution in [1.82, 2.24) is 19.6 Å². The number of halogens is 4. The van der Waals surface area contributed by atoms with Crippen molar-refractivity contribution >= 4 is 11.6 Å². The van der Waals surface area contributed by atoms with Crippen LogP contribution in [0.25, 0.3) is 5.78 Å². The fraction of sp³-hybridized carbons (Fsp3) is 0.353. The van der Waals surface area contributed by atoms with E-state index in [4.69, 9.17) is 0 Å². The molecule has 0 spiro atoms. The molecule has 1 aliphatic rings. The lowest BCUT2D eigenvalue weighted by molar-refractivity contribution is -0.140. The van der Waals surface area contributed by atoms with Crippen molar-refractivity contribution in [2.75, 3.05) is 5.32 Å². The summed E-state index contributed by atoms with van der Waals surface area (Å²) in [5.74, 6) is -0.0136. The quantitative estimate of drug-likeness (QED) is 0.706. The predicted octanol–water partition coefficient (Wildman–Crippen LogP) is 4.15. The van der Waals surface area contributed by atoms with E-state index in [1.807, 2.05) is 6.92 Å². The summed E-state index contributed by atoms with van der Waals surface area (Å²) >= 11 is 0. The maximum Gasteiger partial charge on any atom is 0.419 e. The fourth-order valence-corrected chi connectivity index (χ4v) is 3.05. The topological polar surface area (TPSA) is 55.1 Å². The molecule has 9 heteroatoms. The third-order valence-electron chi connectivity index (χ3n) is 4.43. The third kappa shape index (κ3) is 3.09. The van der Waals surface area contributed by atoms with Crippen molar-refractivity contribution in [3.63, 3.8) is 0 Å². The van der Waals surface area contributed by atoms with E-state index in [0.29, 0.717) is 17.2 Å². The summed E-state index contributed by atoms with van der Waals surface area (Å²) in [6.07, 6.45) is -1.49. The Morgan fingerprint density at radius 2 is 2.00 bits per heavy atom. The van der Waals surface area contributed by atoms with Gasteiger partial charge in [0.2, 0.25) is 0 Å². The molecule has 1 saturated carbocycles. The van der Waals surface area contributed by atoms with Gasteiger partial charge in [-0.2, -0.15) is 27.8 Å². The number of alkyl halides is 3. The zero-order valence-electron chi connectivity index (χ0n) is 13.8. The Morgan fingerprint density at radius 1 is 1.23 bits per heavy atom. The maximum atomic E-state index is 14.0. The molecule has 136 valence electrons. The van der Waals surface area contributed by atoms with E-state index in [1.165, 1.54) is 16.9 Å². The highest BCUT2D eigenvalue weighted by atomic mass is 19.4. The molecule has 1 N–H and O–H groups in total. The summed E-state index contributed by atoms with van der Waals surface area (Å²) in [5.41, 5.74) is -0.0592. The lowest BCUT2D eigenvalue weighted by atomic mass is 10.00. The maximum absolute atomic E-state index is 14.0. The molecular weight excluding hydrogens is 350 g/mol. The van der Waals surface area contributed by atoms with Crippen LogP contribution in [0.2, 0.25) is 0 Å². The number of rotatable bonds is 4. The molecule has 4 rings (SSSR count). The Morgan fingerprint density at radius 3 is 2.65 bits per heavy atom. The van der Waals surface area contributed by atoms with Gasteiger partial charge in [-0.3, -0.25) is 0 Å². The number of aryl methyl sites for hydroxylation is 1. The first-order valence-corrected chi connectivity index (χ1v) is 8.13. The first-order chi connectivity index (χ1) is 12.3. The van der Waals surface area contributed by atoms with Crippen LogP contribution in [0.5, 0.6) is 0 Å². The molecule has 0 saturated heterocycles.